The van der Waals surface area contributed by atoms with E-state index in [1.807, 2.05) is 36.1 Å². The third-order valence-electron chi connectivity index (χ3n) is 3.86. The van der Waals surface area contributed by atoms with E-state index < -0.39 is 0 Å². The van der Waals surface area contributed by atoms with Crippen LogP contribution in [0.2, 0.25) is 5.02 Å². The van der Waals surface area contributed by atoms with Crippen LogP contribution in [-0.4, -0.2) is 41.6 Å². The highest BCUT2D eigenvalue weighted by molar-refractivity contribution is 8.00. The standard InChI is InChI=1S/C17H23ClN2O2S/c1-13(23-15-8-4-3-7-14(15)18)17(22)19-10-9-16(21)20-11-5-2-6-12-20/h3-4,7-8,13H,2,5-6,9-12H2,1H3,(H,19,22)/t13-/m0/s1. The van der Waals surface area contributed by atoms with Gasteiger partial charge in [-0.05, 0) is 38.3 Å². The van der Waals surface area contributed by atoms with E-state index in [0.29, 0.717) is 18.0 Å². The average molecular weight is 355 g/mol. The van der Waals surface area contributed by atoms with Crippen molar-refractivity contribution in [2.45, 2.75) is 42.8 Å². The molecule has 0 spiro atoms. The molecule has 1 fully saturated rings. The van der Waals surface area contributed by atoms with Crippen LogP contribution >= 0.6 is 23.4 Å². The fraction of sp³-hybridized carbons (Fsp3) is 0.529. The van der Waals surface area contributed by atoms with Crippen molar-refractivity contribution in [3.05, 3.63) is 29.3 Å². The van der Waals surface area contributed by atoms with Crippen molar-refractivity contribution in [3.63, 3.8) is 0 Å². The Bertz CT molecular complexity index is 547. The average Bonchev–Trinajstić information content (AvgIpc) is 2.57. The van der Waals surface area contributed by atoms with Gasteiger partial charge in [-0.1, -0.05) is 23.7 Å². The lowest BCUT2D eigenvalue weighted by atomic mass is 10.1. The summed E-state index contributed by atoms with van der Waals surface area (Å²) in [4.78, 5) is 26.9. The maximum absolute atomic E-state index is 12.1. The second-order valence-corrected chi connectivity index (χ2v) is 7.46. The van der Waals surface area contributed by atoms with E-state index in [1.54, 1.807) is 0 Å². The Labute approximate surface area is 146 Å². The van der Waals surface area contributed by atoms with Gasteiger partial charge in [-0.25, -0.2) is 0 Å². The molecule has 2 rings (SSSR count). The minimum atomic E-state index is -0.250. The van der Waals surface area contributed by atoms with E-state index in [9.17, 15) is 9.59 Å². The van der Waals surface area contributed by atoms with Crippen molar-refractivity contribution in [2.75, 3.05) is 19.6 Å². The summed E-state index contributed by atoms with van der Waals surface area (Å²) in [5.74, 6) is 0.0674. The molecule has 2 amide bonds. The van der Waals surface area contributed by atoms with Crippen molar-refractivity contribution < 1.29 is 9.59 Å². The first-order valence-corrected chi connectivity index (χ1v) is 9.30. The second-order valence-electron chi connectivity index (χ2n) is 5.67. The Morgan fingerprint density at radius 1 is 1.26 bits per heavy atom. The number of hydrogen-bond acceptors (Lipinski definition) is 3. The molecular formula is C17H23ClN2O2S. The van der Waals surface area contributed by atoms with E-state index in [-0.39, 0.29) is 17.1 Å². The number of rotatable bonds is 6. The summed E-state index contributed by atoms with van der Waals surface area (Å²) in [6, 6.07) is 7.47. The normalized spacial score (nSPS) is 16.0. The predicted octanol–water partition coefficient (Wildman–Crippen LogP) is 3.34. The lowest BCUT2D eigenvalue weighted by Crippen LogP contribution is -2.39. The van der Waals surface area contributed by atoms with Crippen LogP contribution < -0.4 is 5.32 Å². The van der Waals surface area contributed by atoms with Crippen molar-refractivity contribution in [1.29, 1.82) is 0 Å². The first-order chi connectivity index (χ1) is 11.1. The molecule has 0 radical (unpaired) electrons. The van der Waals surface area contributed by atoms with Gasteiger partial charge in [-0.3, -0.25) is 9.59 Å². The number of benzene rings is 1. The molecule has 1 aliphatic rings. The van der Waals surface area contributed by atoms with Gasteiger partial charge >= 0.3 is 0 Å². The Hall–Kier alpha value is -1.20. The zero-order valence-corrected chi connectivity index (χ0v) is 15.0. The molecule has 1 heterocycles. The molecule has 126 valence electrons. The van der Waals surface area contributed by atoms with E-state index in [4.69, 9.17) is 11.6 Å². The van der Waals surface area contributed by atoms with Crippen molar-refractivity contribution in [2.24, 2.45) is 0 Å². The number of nitrogens with one attached hydrogen (secondary N) is 1. The van der Waals surface area contributed by atoms with Crippen LogP contribution in [0.3, 0.4) is 0 Å². The van der Waals surface area contributed by atoms with Crippen LogP contribution in [0.5, 0.6) is 0 Å². The number of amides is 2. The number of hydrogen-bond donors (Lipinski definition) is 1. The van der Waals surface area contributed by atoms with Gasteiger partial charge in [-0.2, -0.15) is 0 Å². The Morgan fingerprint density at radius 2 is 1.96 bits per heavy atom. The van der Waals surface area contributed by atoms with Gasteiger partial charge in [-0.15, -0.1) is 11.8 Å². The molecule has 0 bridgehead atoms. The third-order valence-corrected chi connectivity index (χ3v) is 5.48. The zero-order valence-electron chi connectivity index (χ0n) is 13.4. The first-order valence-electron chi connectivity index (χ1n) is 8.04. The van der Waals surface area contributed by atoms with Crippen molar-refractivity contribution in [1.82, 2.24) is 10.2 Å². The van der Waals surface area contributed by atoms with Crippen molar-refractivity contribution in [3.8, 4) is 0 Å². The molecule has 1 N–H and O–H groups in total. The summed E-state index contributed by atoms with van der Waals surface area (Å²) in [6.07, 6.45) is 3.75. The first kappa shape index (κ1) is 18.1. The summed E-state index contributed by atoms with van der Waals surface area (Å²) >= 11 is 7.53. The van der Waals surface area contributed by atoms with Gasteiger partial charge in [0.1, 0.15) is 0 Å². The quantitative estimate of drug-likeness (QED) is 0.797. The molecular weight excluding hydrogens is 332 g/mol. The fourth-order valence-electron chi connectivity index (χ4n) is 2.52. The largest absolute Gasteiger partial charge is 0.355 e. The Kier molecular flexibility index (Phi) is 7.24. The highest BCUT2D eigenvalue weighted by atomic mass is 35.5. The molecule has 1 saturated heterocycles. The van der Waals surface area contributed by atoms with Crippen LogP contribution in [0.4, 0.5) is 0 Å². The molecule has 1 aliphatic heterocycles. The van der Waals surface area contributed by atoms with Gasteiger partial charge in [0.15, 0.2) is 0 Å². The summed E-state index contributed by atoms with van der Waals surface area (Å²) < 4.78 is 0. The van der Waals surface area contributed by atoms with E-state index in [0.717, 1.165) is 30.8 Å². The molecule has 1 aromatic rings. The number of piperidine rings is 1. The van der Waals surface area contributed by atoms with Crippen LogP contribution in [0.15, 0.2) is 29.2 Å². The topological polar surface area (TPSA) is 49.4 Å². The Balaban J connectivity index is 1.71. The second kappa shape index (κ2) is 9.18. The third kappa shape index (κ3) is 5.74. The smallest absolute Gasteiger partial charge is 0.233 e. The van der Waals surface area contributed by atoms with E-state index >= 15 is 0 Å². The monoisotopic (exact) mass is 354 g/mol. The van der Waals surface area contributed by atoms with Gasteiger partial charge in [0.2, 0.25) is 11.8 Å². The van der Waals surface area contributed by atoms with E-state index in [1.165, 1.54) is 18.2 Å². The molecule has 6 heteroatoms. The van der Waals surface area contributed by atoms with E-state index in [2.05, 4.69) is 5.32 Å². The highest BCUT2D eigenvalue weighted by Crippen LogP contribution is 2.29. The van der Waals surface area contributed by atoms with Crippen LogP contribution in [-0.2, 0) is 9.59 Å². The van der Waals surface area contributed by atoms with Crippen LogP contribution in [0.1, 0.15) is 32.6 Å². The summed E-state index contributed by atoms with van der Waals surface area (Å²) in [5, 5.41) is 3.24. The molecule has 0 aromatic heterocycles. The van der Waals surface area contributed by atoms with Gasteiger partial charge in [0.25, 0.3) is 0 Å². The number of carbonyl (C=O) groups excluding carboxylic acids is 2. The SMILES string of the molecule is C[C@H](Sc1ccccc1Cl)C(=O)NCCC(=O)N1CCCCC1. The van der Waals surface area contributed by atoms with Gasteiger partial charge in [0.05, 0.1) is 10.3 Å². The maximum Gasteiger partial charge on any atom is 0.233 e. The number of likely N-dealkylation sites (tertiary alicyclic amines) is 1. The maximum atomic E-state index is 12.1. The summed E-state index contributed by atoms with van der Waals surface area (Å²) in [6.45, 7) is 3.94. The molecule has 0 aliphatic carbocycles. The van der Waals surface area contributed by atoms with Crippen molar-refractivity contribution >= 4 is 35.2 Å². The van der Waals surface area contributed by atoms with Gasteiger partial charge in [0, 0.05) is 31.0 Å². The Morgan fingerprint density at radius 3 is 2.65 bits per heavy atom. The number of halogens is 1. The molecule has 4 nitrogen and oxygen atoms in total. The highest BCUT2D eigenvalue weighted by Gasteiger charge is 2.18. The molecule has 0 unspecified atom stereocenters. The van der Waals surface area contributed by atoms with Gasteiger partial charge < -0.3 is 10.2 Å². The number of thioether (sulfide) groups is 1. The van der Waals surface area contributed by atoms with Crippen LogP contribution in [0.25, 0.3) is 0 Å². The minimum Gasteiger partial charge on any atom is -0.355 e. The number of carbonyl (C=O) groups is 2. The predicted molar refractivity (Wildman–Crippen MR) is 94.8 cm³/mol. The summed E-state index contributed by atoms with van der Waals surface area (Å²) in [5.41, 5.74) is 0. The molecule has 1 aromatic carbocycles. The molecule has 1 atom stereocenters. The summed E-state index contributed by atoms with van der Waals surface area (Å²) in [7, 11) is 0. The molecule has 0 saturated carbocycles. The molecule has 23 heavy (non-hydrogen) atoms. The minimum absolute atomic E-state index is 0.0682. The lowest BCUT2D eigenvalue weighted by molar-refractivity contribution is -0.132. The number of nitrogens with zero attached hydrogens (tertiary/aromatic N) is 1. The fourth-order valence-corrected chi connectivity index (χ4v) is 3.70. The zero-order chi connectivity index (χ0) is 16.7. The van der Waals surface area contributed by atoms with Crippen LogP contribution in [0, 0.1) is 0 Å². The lowest BCUT2D eigenvalue weighted by Gasteiger charge is -2.26.